The maximum Gasteiger partial charge on any atom is 0.166 e. The number of allylic oxidation sites excluding steroid dienone is 4. The van der Waals surface area contributed by atoms with Gasteiger partial charge in [-0.1, -0.05) is 24.3 Å². The second kappa shape index (κ2) is 4.95. The molecular formula is C15H13F2N2P. The third-order valence-electron chi connectivity index (χ3n) is 3.53. The summed E-state index contributed by atoms with van der Waals surface area (Å²) >= 11 is 0. The van der Waals surface area contributed by atoms with Gasteiger partial charge in [0.15, 0.2) is 11.6 Å². The molecule has 1 aliphatic rings. The maximum absolute atomic E-state index is 14.0. The lowest BCUT2D eigenvalue weighted by molar-refractivity contribution is 0.506. The average Bonchev–Trinajstić information content (AvgIpc) is 3.01. The van der Waals surface area contributed by atoms with Gasteiger partial charge in [0, 0.05) is 28.9 Å². The number of aryl methyl sites for hydroxylation is 1. The Hall–Kier alpha value is -1.80. The van der Waals surface area contributed by atoms with Gasteiger partial charge in [-0.15, -0.1) is 0 Å². The maximum atomic E-state index is 14.0. The van der Waals surface area contributed by atoms with Crippen molar-refractivity contribution >= 4 is 19.8 Å². The van der Waals surface area contributed by atoms with Crippen molar-refractivity contribution in [1.29, 1.82) is 0 Å². The van der Waals surface area contributed by atoms with Crippen molar-refractivity contribution in [1.82, 2.24) is 9.08 Å². The molecule has 1 aromatic carbocycles. The largest absolute Gasteiger partial charge is 0.283 e. The van der Waals surface area contributed by atoms with Crippen LogP contribution in [0.1, 0.15) is 23.4 Å². The molecule has 0 radical (unpaired) electrons. The van der Waals surface area contributed by atoms with Crippen molar-refractivity contribution in [3.8, 4) is 0 Å². The molecule has 0 spiro atoms. The average molecular weight is 290 g/mol. The number of hydrogen-bond donors (Lipinski definition) is 0. The van der Waals surface area contributed by atoms with Crippen molar-refractivity contribution in [2.24, 2.45) is 0 Å². The summed E-state index contributed by atoms with van der Waals surface area (Å²) in [6, 6.07) is 4.28. The first kappa shape index (κ1) is 13.2. The summed E-state index contributed by atoms with van der Waals surface area (Å²) in [7, 11) is 0.812. The van der Waals surface area contributed by atoms with E-state index in [4.69, 9.17) is 0 Å². The highest BCUT2D eigenvalue weighted by Gasteiger charge is 2.19. The molecule has 0 amide bonds. The normalized spacial score (nSPS) is 14.8. The molecule has 5 heteroatoms. The molecule has 0 saturated heterocycles. The molecule has 20 heavy (non-hydrogen) atoms. The van der Waals surface area contributed by atoms with Crippen LogP contribution in [0.4, 0.5) is 8.78 Å². The van der Waals surface area contributed by atoms with Crippen LogP contribution in [-0.4, -0.2) is 9.08 Å². The van der Waals surface area contributed by atoms with Gasteiger partial charge in [-0.3, -0.25) is 4.33 Å². The first-order chi connectivity index (χ1) is 9.59. The fraction of sp³-hybridized carbons (Fsp3) is 0.200. The van der Waals surface area contributed by atoms with Crippen molar-refractivity contribution in [3.05, 3.63) is 58.9 Å². The molecule has 0 aliphatic heterocycles. The van der Waals surface area contributed by atoms with E-state index < -0.39 is 11.6 Å². The zero-order valence-corrected chi connectivity index (χ0v) is 12.1. The second-order valence-corrected chi connectivity index (χ2v) is 5.52. The predicted octanol–water partition coefficient (Wildman–Crippen LogP) is 4.69. The fourth-order valence-corrected chi connectivity index (χ4v) is 3.26. The van der Waals surface area contributed by atoms with Crippen molar-refractivity contribution in [2.45, 2.75) is 20.3 Å². The van der Waals surface area contributed by atoms with Crippen LogP contribution in [0.3, 0.4) is 0 Å². The molecule has 0 saturated carbocycles. The Morgan fingerprint density at radius 2 is 2.05 bits per heavy atom. The molecule has 0 atom stereocenters. The summed E-state index contributed by atoms with van der Waals surface area (Å²) in [4.78, 5) is 0. The highest BCUT2D eigenvalue weighted by atomic mass is 31.1. The zero-order chi connectivity index (χ0) is 14.3. The van der Waals surface area contributed by atoms with Gasteiger partial charge >= 0.3 is 0 Å². The first-order valence-electron chi connectivity index (χ1n) is 6.33. The Balaban J connectivity index is 2.20. The van der Waals surface area contributed by atoms with Gasteiger partial charge < -0.3 is 0 Å². The lowest BCUT2D eigenvalue weighted by Gasteiger charge is -2.11. The van der Waals surface area contributed by atoms with Gasteiger partial charge in [0.1, 0.15) is 8.51 Å². The fourth-order valence-electron chi connectivity index (χ4n) is 2.31. The molecule has 3 rings (SSSR count). The van der Waals surface area contributed by atoms with Crippen LogP contribution in [0.2, 0.25) is 0 Å². The van der Waals surface area contributed by atoms with Crippen LogP contribution in [0, 0.1) is 25.5 Å². The Bertz CT molecular complexity index is 744. The molecule has 2 aromatic rings. The summed E-state index contributed by atoms with van der Waals surface area (Å²) in [6.07, 6.45) is 4.52. The SMILES string of the molecule is Cc1npn(C2=C(c3cccc(F)c3F)C=CC2)c1C. The first-order valence-corrected chi connectivity index (χ1v) is 7.13. The molecule has 0 fully saturated rings. The van der Waals surface area contributed by atoms with E-state index in [0.29, 0.717) is 12.0 Å². The number of hydrogen-bond acceptors (Lipinski definition) is 1. The smallest absolute Gasteiger partial charge is 0.166 e. The van der Waals surface area contributed by atoms with E-state index in [9.17, 15) is 8.78 Å². The van der Waals surface area contributed by atoms with Gasteiger partial charge in [0.2, 0.25) is 0 Å². The van der Waals surface area contributed by atoms with Crippen LogP contribution in [-0.2, 0) is 0 Å². The minimum atomic E-state index is -0.818. The number of rotatable bonds is 2. The number of aromatic nitrogens is 2. The van der Waals surface area contributed by atoms with E-state index in [1.54, 1.807) is 6.07 Å². The molecule has 102 valence electrons. The monoisotopic (exact) mass is 290 g/mol. The quantitative estimate of drug-likeness (QED) is 0.784. The molecule has 1 heterocycles. The minimum absolute atomic E-state index is 0.307. The summed E-state index contributed by atoms with van der Waals surface area (Å²) < 4.78 is 33.8. The highest BCUT2D eigenvalue weighted by molar-refractivity contribution is 7.21. The van der Waals surface area contributed by atoms with Crippen molar-refractivity contribution in [3.63, 3.8) is 0 Å². The van der Waals surface area contributed by atoms with Crippen LogP contribution in [0.15, 0.2) is 30.4 Å². The Kier molecular flexibility index (Phi) is 3.27. The van der Waals surface area contributed by atoms with E-state index in [2.05, 4.69) is 4.75 Å². The summed E-state index contributed by atoms with van der Waals surface area (Å²) in [6.45, 7) is 3.94. The highest BCUT2D eigenvalue weighted by Crippen LogP contribution is 2.36. The molecule has 0 N–H and O–H groups in total. The minimum Gasteiger partial charge on any atom is -0.283 e. The van der Waals surface area contributed by atoms with Gasteiger partial charge in [-0.2, -0.15) is 0 Å². The summed E-state index contributed by atoms with van der Waals surface area (Å²) in [5, 5.41) is 0. The van der Waals surface area contributed by atoms with Gasteiger partial charge in [-0.25, -0.2) is 13.5 Å². The molecule has 2 nitrogen and oxygen atoms in total. The number of nitrogens with zero attached hydrogens (tertiary/aromatic N) is 2. The zero-order valence-electron chi connectivity index (χ0n) is 11.2. The van der Waals surface area contributed by atoms with E-state index in [-0.39, 0.29) is 0 Å². The lowest BCUT2D eigenvalue weighted by Crippen LogP contribution is -1.98. The molecule has 0 unspecified atom stereocenters. The van der Waals surface area contributed by atoms with E-state index in [1.807, 2.05) is 30.3 Å². The molecular weight excluding hydrogens is 277 g/mol. The third kappa shape index (κ3) is 2.01. The van der Waals surface area contributed by atoms with Crippen LogP contribution < -0.4 is 0 Å². The Morgan fingerprint density at radius 1 is 1.25 bits per heavy atom. The van der Waals surface area contributed by atoms with Crippen LogP contribution >= 0.6 is 8.51 Å². The topological polar surface area (TPSA) is 17.8 Å². The van der Waals surface area contributed by atoms with Crippen LogP contribution in [0.25, 0.3) is 11.3 Å². The molecule has 0 bridgehead atoms. The van der Waals surface area contributed by atoms with E-state index in [1.165, 1.54) is 6.07 Å². The van der Waals surface area contributed by atoms with Crippen LogP contribution in [0.5, 0.6) is 0 Å². The lowest BCUT2D eigenvalue weighted by atomic mass is 10.0. The standard InChI is InChI=1S/C15H13F2N2P/c1-9-10(2)19(20-18-9)14-8-4-5-11(14)12-6-3-7-13(16)15(12)17/h3-7H,8H2,1-2H3. The number of halogens is 2. The van der Waals surface area contributed by atoms with Gasteiger partial charge in [0.05, 0.1) is 5.69 Å². The van der Waals surface area contributed by atoms with Gasteiger partial charge in [-0.05, 0) is 19.9 Å². The molecule has 1 aromatic heterocycles. The molecule has 1 aliphatic carbocycles. The Morgan fingerprint density at radius 3 is 2.75 bits per heavy atom. The predicted molar refractivity (Wildman–Crippen MR) is 77.4 cm³/mol. The van der Waals surface area contributed by atoms with E-state index in [0.717, 1.165) is 37.2 Å². The second-order valence-electron chi connectivity index (χ2n) is 4.74. The number of benzene rings is 1. The van der Waals surface area contributed by atoms with Crippen molar-refractivity contribution < 1.29 is 8.78 Å². The summed E-state index contributed by atoms with van der Waals surface area (Å²) in [5.41, 5.74) is 4.04. The van der Waals surface area contributed by atoms with Crippen molar-refractivity contribution in [2.75, 3.05) is 0 Å². The third-order valence-corrected chi connectivity index (χ3v) is 4.64. The summed E-state index contributed by atoms with van der Waals surface area (Å²) in [5.74, 6) is -1.61. The Labute approximate surface area is 117 Å². The van der Waals surface area contributed by atoms with E-state index >= 15 is 0 Å². The van der Waals surface area contributed by atoms with Gasteiger partial charge in [0.25, 0.3) is 0 Å².